The number of hydrogen-bond donors (Lipinski definition) is 4. The van der Waals surface area contributed by atoms with Gasteiger partial charge in [0.05, 0.1) is 16.5 Å². The molecule has 0 atom stereocenters. The third kappa shape index (κ3) is 3.83. The Morgan fingerprint density at radius 2 is 2.08 bits per heavy atom. The molecule has 0 unspecified atom stereocenters. The van der Waals surface area contributed by atoms with E-state index in [0.29, 0.717) is 11.1 Å². The molecule has 2 aromatic heterocycles. The zero-order valence-electron chi connectivity index (χ0n) is 12.5. The molecule has 0 aliphatic carbocycles. The van der Waals surface area contributed by atoms with Crippen molar-refractivity contribution in [3.63, 3.8) is 0 Å². The van der Waals surface area contributed by atoms with Gasteiger partial charge in [-0.3, -0.25) is 14.6 Å². The van der Waals surface area contributed by atoms with Crippen molar-refractivity contribution in [3.8, 4) is 0 Å². The van der Waals surface area contributed by atoms with E-state index in [1.54, 1.807) is 6.92 Å². The largest absolute Gasteiger partial charge is 0.408 e. The third-order valence-corrected chi connectivity index (χ3v) is 3.09. The lowest BCUT2D eigenvalue weighted by Gasteiger charge is -2.06. The number of nitrogens with one attached hydrogen (secondary N) is 3. The van der Waals surface area contributed by atoms with Gasteiger partial charge >= 0.3 is 6.18 Å². The Kier molecular flexibility index (Phi) is 4.77. The number of amidine groups is 1. The van der Waals surface area contributed by atoms with Crippen LogP contribution < -0.4 is 16.6 Å². The number of nitrogens with two attached hydrogens (primary N) is 1. The fourth-order valence-corrected chi connectivity index (χ4v) is 2.05. The molecule has 0 saturated heterocycles. The number of nitrogens with zero attached hydrogens (tertiary/aromatic N) is 1. The molecular formula is C14H14F3N5O2. The molecule has 0 aliphatic rings. The van der Waals surface area contributed by atoms with Crippen LogP contribution in [0.4, 0.5) is 13.2 Å². The molecule has 128 valence electrons. The molecule has 0 radical (unpaired) electrons. The van der Waals surface area contributed by atoms with Crippen molar-refractivity contribution in [1.82, 2.24) is 15.3 Å². The van der Waals surface area contributed by atoms with Crippen molar-refractivity contribution in [1.29, 1.82) is 0 Å². The first-order valence-corrected chi connectivity index (χ1v) is 6.73. The Bertz CT molecular complexity index is 877. The predicted octanol–water partition coefficient (Wildman–Crippen LogP) is 1.33. The van der Waals surface area contributed by atoms with Crippen LogP contribution in [0.3, 0.4) is 0 Å². The summed E-state index contributed by atoms with van der Waals surface area (Å²) >= 11 is 0. The molecule has 0 spiro atoms. The van der Waals surface area contributed by atoms with E-state index in [1.807, 2.05) is 0 Å². The molecule has 2 rings (SSSR count). The van der Waals surface area contributed by atoms with Gasteiger partial charge in [0.1, 0.15) is 12.4 Å². The summed E-state index contributed by atoms with van der Waals surface area (Å²) in [5, 5.41) is 2.31. The van der Waals surface area contributed by atoms with Gasteiger partial charge in [-0.2, -0.15) is 13.2 Å². The van der Waals surface area contributed by atoms with Crippen LogP contribution in [0.1, 0.15) is 15.9 Å². The van der Waals surface area contributed by atoms with Crippen molar-refractivity contribution in [3.05, 3.63) is 46.2 Å². The molecule has 0 fully saturated rings. The lowest BCUT2D eigenvalue weighted by Crippen LogP contribution is -2.31. The van der Waals surface area contributed by atoms with Gasteiger partial charge in [-0.15, -0.1) is 0 Å². The van der Waals surface area contributed by atoms with Gasteiger partial charge in [0, 0.05) is 12.4 Å². The quantitative estimate of drug-likeness (QED) is 0.498. The van der Waals surface area contributed by atoms with Crippen LogP contribution in [0.2, 0.25) is 0 Å². The van der Waals surface area contributed by atoms with Gasteiger partial charge in [-0.05, 0) is 24.8 Å². The standard InChI is InChI=1S/C14H14F3N5O2/c1-7-4-20-13(24)10-8(5-19-11(7)10)12(23)22-9(2-3-18)21-6-14(15,16)17/h2-5,19H,6,18H2,1H3,(H,20,24)(H,21,22,23). The number of aromatic nitrogens is 2. The summed E-state index contributed by atoms with van der Waals surface area (Å²) in [5.74, 6) is -1.14. The van der Waals surface area contributed by atoms with Crippen molar-refractivity contribution in [2.75, 3.05) is 6.54 Å². The van der Waals surface area contributed by atoms with E-state index in [2.05, 4.69) is 20.3 Å². The topological polar surface area (TPSA) is 116 Å². The second-order valence-electron chi connectivity index (χ2n) is 4.88. The first-order valence-electron chi connectivity index (χ1n) is 6.73. The Labute approximate surface area is 133 Å². The van der Waals surface area contributed by atoms with Crippen molar-refractivity contribution in [2.24, 2.45) is 10.7 Å². The van der Waals surface area contributed by atoms with E-state index < -0.39 is 24.2 Å². The number of carbonyl (C=O) groups excluding carboxylic acids is 1. The number of pyridine rings is 1. The predicted molar refractivity (Wildman–Crippen MR) is 82.8 cm³/mol. The van der Waals surface area contributed by atoms with Gasteiger partial charge in [0.25, 0.3) is 11.5 Å². The maximum atomic E-state index is 12.3. The van der Waals surface area contributed by atoms with Crippen molar-refractivity contribution < 1.29 is 18.0 Å². The van der Waals surface area contributed by atoms with Gasteiger partial charge < -0.3 is 21.0 Å². The van der Waals surface area contributed by atoms with Crippen LogP contribution in [-0.2, 0) is 0 Å². The fraction of sp³-hybridized carbons (Fsp3) is 0.214. The number of aryl methyl sites for hydroxylation is 1. The molecule has 2 heterocycles. The van der Waals surface area contributed by atoms with Crippen LogP contribution in [0.5, 0.6) is 0 Å². The summed E-state index contributed by atoms with van der Waals surface area (Å²) < 4.78 is 36.7. The molecule has 10 heteroatoms. The number of amides is 1. The number of aromatic amines is 2. The van der Waals surface area contributed by atoms with Crippen LogP contribution in [0, 0.1) is 6.92 Å². The zero-order valence-corrected chi connectivity index (χ0v) is 12.5. The summed E-state index contributed by atoms with van der Waals surface area (Å²) in [6.45, 7) is 0.254. The van der Waals surface area contributed by atoms with E-state index in [-0.39, 0.29) is 16.8 Å². The number of alkyl halides is 3. The highest BCUT2D eigenvalue weighted by molar-refractivity contribution is 6.15. The zero-order chi connectivity index (χ0) is 17.9. The first kappa shape index (κ1) is 17.3. The van der Waals surface area contributed by atoms with E-state index in [1.165, 1.54) is 12.4 Å². The minimum Gasteiger partial charge on any atom is -0.404 e. The van der Waals surface area contributed by atoms with Gasteiger partial charge in [0.15, 0.2) is 0 Å². The van der Waals surface area contributed by atoms with E-state index in [9.17, 15) is 22.8 Å². The number of carbonyl (C=O) groups is 1. The summed E-state index contributed by atoms with van der Waals surface area (Å²) in [6.07, 6.45) is 0.231. The Morgan fingerprint density at radius 1 is 1.38 bits per heavy atom. The fourth-order valence-electron chi connectivity index (χ4n) is 2.05. The number of H-pyrrole nitrogens is 2. The van der Waals surface area contributed by atoms with Gasteiger partial charge in [-0.1, -0.05) is 0 Å². The molecule has 5 N–H and O–H groups in total. The van der Waals surface area contributed by atoms with Crippen molar-refractivity contribution in [2.45, 2.75) is 13.1 Å². The molecule has 0 saturated carbocycles. The first-order chi connectivity index (χ1) is 11.2. The van der Waals surface area contributed by atoms with E-state index in [0.717, 1.165) is 12.3 Å². The molecule has 0 aromatic carbocycles. The van der Waals surface area contributed by atoms with Crippen LogP contribution >= 0.6 is 0 Å². The number of aliphatic imine (C=N–C) groups is 1. The molecule has 2 aromatic rings. The number of rotatable bonds is 3. The molecular weight excluding hydrogens is 327 g/mol. The highest BCUT2D eigenvalue weighted by Gasteiger charge is 2.27. The Hall–Kier alpha value is -3.04. The molecule has 0 bridgehead atoms. The van der Waals surface area contributed by atoms with E-state index >= 15 is 0 Å². The van der Waals surface area contributed by atoms with Gasteiger partial charge in [-0.25, -0.2) is 0 Å². The minimum absolute atomic E-state index is 0.0138. The molecule has 24 heavy (non-hydrogen) atoms. The van der Waals surface area contributed by atoms with Crippen LogP contribution in [0.25, 0.3) is 10.9 Å². The van der Waals surface area contributed by atoms with E-state index in [4.69, 9.17) is 5.73 Å². The Balaban J connectivity index is 2.35. The number of hydrogen-bond acceptors (Lipinski definition) is 4. The van der Waals surface area contributed by atoms with Gasteiger partial charge in [0.2, 0.25) is 0 Å². The minimum atomic E-state index is -4.52. The number of halogens is 3. The highest BCUT2D eigenvalue weighted by Crippen LogP contribution is 2.17. The summed E-state index contributed by atoms with van der Waals surface area (Å²) in [7, 11) is 0. The summed E-state index contributed by atoms with van der Waals surface area (Å²) in [6, 6.07) is 0. The normalized spacial score (nSPS) is 12.9. The maximum absolute atomic E-state index is 12.3. The summed E-state index contributed by atoms with van der Waals surface area (Å²) in [5.41, 5.74) is 5.80. The maximum Gasteiger partial charge on any atom is 0.408 e. The average Bonchev–Trinajstić information content (AvgIpc) is 2.94. The lowest BCUT2D eigenvalue weighted by molar-refractivity contribution is -0.118. The van der Waals surface area contributed by atoms with Crippen molar-refractivity contribution >= 4 is 22.6 Å². The third-order valence-electron chi connectivity index (χ3n) is 3.09. The van der Waals surface area contributed by atoms with Crippen LogP contribution in [-0.4, -0.2) is 34.4 Å². The second kappa shape index (κ2) is 6.60. The average molecular weight is 341 g/mol. The number of fused-ring (bicyclic) bond motifs is 1. The summed E-state index contributed by atoms with van der Waals surface area (Å²) in [4.78, 5) is 32.7. The Morgan fingerprint density at radius 3 is 2.71 bits per heavy atom. The smallest absolute Gasteiger partial charge is 0.404 e. The van der Waals surface area contributed by atoms with Crippen LogP contribution in [0.15, 0.2) is 34.5 Å². The monoisotopic (exact) mass is 341 g/mol. The SMILES string of the molecule is Cc1c[nH]c(=O)c2c(C(=O)NC(C=CN)=NCC(F)(F)F)c[nH]c12. The molecule has 0 aliphatic heterocycles. The highest BCUT2D eigenvalue weighted by atomic mass is 19.4. The molecule has 7 nitrogen and oxygen atoms in total. The second-order valence-corrected chi connectivity index (χ2v) is 4.88. The molecule has 1 amide bonds. The lowest BCUT2D eigenvalue weighted by atomic mass is 10.1.